The standard InChI is InChI=1S/C24H28N4O2/c1-4-26(5-2)23(30)16-28-21-9-7-6-8-20(21)25-24(28)18-14-22(29)27(15-18)19-12-10-17(3)11-13-19/h6-13,18H,4-5,14-16H2,1-3H3. The van der Waals surface area contributed by atoms with E-state index in [9.17, 15) is 9.59 Å². The van der Waals surface area contributed by atoms with E-state index in [0.717, 1.165) is 22.5 Å². The molecule has 4 rings (SSSR count). The largest absolute Gasteiger partial charge is 0.342 e. The van der Waals surface area contributed by atoms with E-state index >= 15 is 0 Å². The lowest BCUT2D eigenvalue weighted by molar-refractivity contribution is -0.131. The molecule has 156 valence electrons. The van der Waals surface area contributed by atoms with E-state index < -0.39 is 0 Å². The fourth-order valence-corrected chi connectivity index (χ4v) is 4.24. The average Bonchev–Trinajstić information content (AvgIpc) is 3.30. The molecule has 1 aliphatic rings. The summed E-state index contributed by atoms with van der Waals surface area (Å²) in [5, 5.41) is 0. The highest BCUT2D eigenvalue weighted by Gasteiger charge is 2.35. The number of likely N-dealkylation sites (N-methyl/N-ethyl adjacent to an activating group) is 1. The summed E-state index contributed by atoms with van der Waals surface area (Å²) >= 11 is 0. The van der Waals surface area contributed by atoms with Crippen molar-refractivity contribution < 1.29 is 9.59 Å². The number of rotatable bonds is 6. The molecule has 6 nitrogen and oxygen atoms in total. The van der Waals surface area contributed by atoms with Crippen LogP contribution in [-0.2, 0) is 16.1 Å². The minimum absolute atomic E-state index is 0.0456. The molecular formula is C24H28N4O2. The first kappa shape index (κ1) is 20.1. The van der Waals surface area contributed by atoms with Crippen molar-refractivity contribution in [3.63, 3.8) is 0 Å². The number of fused-ring (bicyclic) bond motifs is 1. The Morgan fingerprint density at radius 2 is 1.80 bits per heavy atom. The number of para-hydroxylation sites is 2. The number of hydrogen-bond acceptors (Lipinski definition) is 3. The molecule has 0 N–H and O–H groups in total. The van der Waals surface area contributed by atoms with Gasteiger partial charge in [0.25, 0.3) is 0 Å². The van der Waals surface area contributed by atoms with Crippen LogP contribution in [0.1, 0.15) is 37.6 Å². The van der Waals surface area contributed by atoms with Crippen LogP contribution in [0.15, 0.2) is 48.5 Å². The van der Waals surface area contributed by atoms with Gasteiger partial charge >= 0.3 is 0 Å². The molecule has 2 heterocycles. The lowest BCUT2D eigenvalue weighted by Crippen LogP contribution is -2.34. The molecule has 1 aromatic heterocycles. The summed E-state index contributed by atoms with van der Waals surface area (Å²) in [6, 6.07) is 15.9. The summed E-state index contributed by atoms with van der Waals surface area (Å²) in [7, 11) is 0. The molecule has 0 bridgehead atoms. The molecule has 2 aromatic carbocycles. The van der Waals surface area contributed by atoms with Gasteiger partial charge in [-0.15, -0.1) is 0 Å². The van der Waals surface area contributed by atoms with Crippen LogP contribution in [0, 0.1) is 6.92 Å². The van der Waals surface area contributed by atoms with Gasteiger partial charge < -0.3 is 14.4 Å². The van der Waals surface area contributed by atoms with E-state index in [0.29, 0.717) is 26.1 Å². The Bertz CT molecular complexity index is 1070. The summed E-state index contributed by atoms with van der Waals surface area (Å²) < 4.78 is 2.01. The van der Waals surface area contributed by atoms with Crippen LogP contribution in [0.2, 0.25) is 0 Å². The molecule has 6 heteroatoms. The molecule has 0 radical (unpaired) electrons. The van der Waals surface area contributed by atoms with E-state index in [4.69, 9.17) is 4.98 Å². The molecule has 0 saturated carbocycles. The molecule has 1 unspecified atom stereocenters. The monoisotopic (exact) mass is 404 g/mol. The van der Waals surface area contributed by atoms with Gasteiger partial charge in [0.1, 0.15) is 12.4 Å². The van der Waals surface area contributed by atoms with E-state index in [1.54, 1.807) is 0 Å². The average molecular weight is 405 g/mol. The molecule has 2 amide bonds. The van der Waals surface area contributed by atoms with Gasteiger partial charge in [0.05, 0.1) is 11.0 Å². The normalized spacial score (nSPS) is 16.4. The zero-order valence-electron chi connectivity index (χ0n) is 17.8. The Morgan fingerprint density at radius 3 is 2.50 bits per heavy atom. The second kappa shape index (κ2) is 8.30. The molecule has 0 spiro atoms. The van der Waals surface area contributed by atoms with Crippen molar-refractivity contribution in [2.75, 3.05) is 24.5 Å². The first-order chi connectivity index (χ1) is 14.5. The molecule has 0 aliphatic carbocycles. The van der Waals surface area contributed by atoms with Crippen LogP contribution in [0.3, 0.4) is 0 Å². The SMILES string of the molecule is CCN(CC)C(=O)Cn1c(C2CC(=O)N(c3ccc(C)cc3)C2)nc2ccccc21. The minimum Gasteiger partial charge on any atom is -0.342 e. The number of nitrogens with zero attached hydrogens (tertiary/aromatic N) is 4. The summed E-state index contributed by atoms with van der Waals surface area (Å²) in [4.78, 5) is 34.2. The lowest BCUT2D eigenvalue weighted by Gasteiger charge is -2.21. The van der Waals surface area contributed by atoms with Gasteiger partial charge in [0.15, 0.2) is 0 Å². The third kappa shape index (κ3) is 3.70. The summed E-state index contributed by atoms with van der Waals surface area (Å²) in [6.07, 6.45) is 0.399. The van der Waals surface area contributed by atoms with E-state index in [2.05, 4.69) is 0 Å². The van der Waals surface area contributed by atoms with Crippen molar-refractivity contribution in [3.8, 4) is 0 Å². The molecule has 1 fully saturated rings. The van der Waals surface area contributed by atoms with Crippen LogP contribution in [0.4, 0.5) is 5.69 Å². The predicted octanol–water partition coefficient (Wildman–Crippen LogP) is 3.73. The number of benzene rings is 2. The van der Waals surface area contributed by atoms with Crippen molar-refractivity contribution in [2.45, 2.75) is 39.7 Å². The van der Waals surface area contributed by atoms with Gasteiger partial charge in [-0.05, 0) is 45.0 Å². The fraction of sp³-hybridized carbons (Fsp3) is 0.375. The van der Waals surface area contributed by atoms with Crippen molar-refractivity contribution in [1.29, 1.82) is 0 Å². The second-order valence-corrected chi connectivity index (χ2v) is 7.85. The van der Waals surface area contributed by atoms with Crippen LogP contribution in [-0.4, -0.2) is 45.9 Å². The molecule has 1 saturated heterocycles. The van der Waals surface area contributed by atoms with Crippen LogP contribution in [0.25, 0.3) is 11.0 Å². The molecule has 1 atom stereocenters. The minimum atomic E-state index is -0.0456. The van der Waals surface area contributed by atoms with Gasteiger partial charge in [-0.2, -0.15) is 0 Å². The quantitative estimate of drug-likeness (QED) is 0.629. The summed E-state index contributed by atoms with van der Waals surface area (Å²) in [5.74, 6) is 0.942. The zero-order chi connectivity index (χ0) is 21.3. The first-order valence-electron chi connectivity index (χ1n) is 10.6. The number of carbonyl (C=O) groups excluding carboxylic acids is 2. The molecular weight excluding hydrogens is 376 g/mol. The van der Waals surface area contributed by atoms with Crippen molar-refractivity contribution in [1.82, 2.24) is 14.5 Å². The molecule has 1 aliphatic heterocycles. The van der Waals surface area contributed by atoms with E-state index in [1.807, 2.05) is 83.7 Å². The number of amides is 2. The van der Waals surface area contributed by atoms with Gasteiger partial charge in [-0.3, -0.25) is 9.59 Å². The maximum absolute atomic E-state index is 12.9. The molecule has 3 aromatic rings. The summed E-state index contributed by atoms with van der Waals surface area (Å²) in [6.45, 7) is 8.19. The highest BCUT2D eigenvalue weighted by Crippen LogP contribution is 2.33. The Kier molecular flexibility index (Phi) is 5.57. The lowest BCUT2D eigenvalue weighted by atomic mass is 10.1. The van der Waals surface area contributed by atoms with Crippen molar-refractivity contribution >= 4 is 28.5 Å². The van der Waals surface area contributed by atoms with Gasteiger partial charge in [-0.1, -0.05) is 29.8 Å². The second-order valence-electron chi connectivity index (χ2n) is 7.85. The van der Waals surface area contributed by atoms with Crippen molar-refractivity contribution in [3.05, 3.63) is 59.9 Å². The van der Waals surface area contributed by atoms with Gasteiger partial charge in [-0.25, -0.2) is 4.98 Å². The van der Waals surface area contributed by atoms with Crippen LogP contribution < -0.4 is 4.90 Å². The van der Waals surface area contributed by atoms with Crippen LogP contribution >= 0.6 is 0 Å². The first-order valence-corrected chi connectivity index (χ1v) is 10.6. The third-order valence-electron chi connectivity index (χ3n) is 5.93. The highest BCUT2D eigenvalue weighted by atomic mass is 16.2. The maximum atomic E-state index is 12.9. The molecule has 30 heavy (non-hydrogen) atoms. The van der Waals surface area contributed by atoms with Gasteiger partial charge in [0, 0.05) is 37.7 Å². The van der Waals surface area contributed by atoms with E-state index in [1.165, 1.54) is 5.56 Å². The number of carbonyl (C=O) groups is 2. The topological polar surface area (TPSA) is 58.4 Å². The number of aromatic nitrogens is 2. The number of hydrogen-bond donors (Lipinski definition) is 0. The Balaban J connectivity index is 1.68. The number of anilines is 1. The summed E-state index contributed by atoms with van der Waals surface area (Å²) in [5.41, 5.74) is 3.88. The Hall–Kier alpha value is -3.15. The fourth-order valence-electron chi connectivity index (χ4n) is 4.24. The smallest absolute Gasteiger partial charge is 0.242 e. The Morgan fingerprint density at radius 1 is 1.10 bits per heavy atom. The maximum Gasteiger partial charge on any atom is 0.242 e. The van der Waals surface area contributed by atoms with Crippen molar-refractivity contribution in [2.24, 2.45) is 0 Å². The number of imidazole rings is 1. The zero-order valence-corrected chi connectivity index (χ0v) is 17.8. The van der Waals surface area contributed by atoms with Gasteiger partial charge in [0.2, 0.25) is 11.8 Å². The highest BCUT2D eigenvalue weighted by molar-refractivity contribution is 5.96. The Labute approximate surface area is 177 Å². The predicted molar refractivity (Wildman–Crippen MR) is 119 cm³/mol. The van der Waals surface area contributed by atoms with E-state index in [-0.39, 0.29) is 24.3 Å². The third-order valence-corrected chi connectivity index (χ3v) is 5.93. The number of aryl methyl sites for hydroxylation is 1. The van der Waals surface area contributed by atoms with Crippen LogP contribution in [0.5, 0.6) is 0 Å².